The van der Waals surface area contributed by atoms with Gasteiger partial charge in [-0.3, -0.25) is 5.10 Å². The Morgan fingerprint density at radius 3 is 2.91 bits per heavy atom. The number of aromatic amines is 1. The molecule has 0 unspecified atom stereocenters. The van der Waals surface area contributed by atoms with E-state index in [4.69, 9.17) is 0 Å². The SMILES string of the molecule is Brc1cccc(CC2(Nc3ncnc4[nH]ncc34)CCCC2)c1. The zero-order chi connectivity index (χ0) is 15.7. The number of rotatable bonds is 4. The van der Waals surface area contributed by atoms with Crippen molar-refractivity contribution in [3.05, 3.63) is 46.8 Å². The highest BCUT2D eigenvalue weighted by atomic mass is 79.9. The number of nitrogens with one attached hydrogen (secondary N) is 2. The molecule has 0 bridgehead atoms. The Bertz CT molecular complexity index is 822. The molecule has 2 heterocycles. The Kier molecular flexibility index (Phi) is 3.77. The zero-order valence-electron chi connectivity index (χ0n) is 12.7. The molecular weight excluding hydrogens is 354 g/mol. The normalized spacial score (nSPS) is 16.7. The summed E-state index contributed by atoms with van der Waals surface area (Å²) in [7, 11) is 0. The number of hydrogen-bond donors (Lipinski definition) is 2. The molecule has 0 saturated heterocycles. The van der Waals surface area contributed by atoms with Crippen molar-refractivity contribution in [1.82, 2.24) is 20.2 Å². The Labute approximate surface area is 143 Å². The summed E-state index contributed by atoms with van der Waals surface area (Å²) in [5.74, 6) is 0.876. The van der Waals surface area contributed by atoms with Crippen LogP contribution in [0.3, 0.4) is 0 Å². The Balaban J connectivity index is 1.66. The van der Waals surface area contributed by atoms with E-state index >= 15 is 0 Å². The van der Waals surface area contributed by atoms with Crippen LogP contribution in [0.1, 0.15) is 31.2 Å². The predicted octanol–water partition coefficient (Wildman–Crippen LogP) is 4.08. The molecule has 2 N–H and O–H groups in total. The van der Waals surface area contributed by atoms with Gasteiger partial charge in [0.2, 0.25) is 0 Å². The van der Waals surface area contributed by atoms with Gasteiger partial charge in [-0.1, -0.05) is 40.9 Å². The molecule has 0 aliphatic heterocycles. The molecule has 1 aromatic carbocycles. The highest BCUT2D eigenvalue weighted by Crippen LogP contribution is 2.37. The first kappa shape index (κ1) is 14.6. The van der Waals surface area contributed by atoms with Gasteiger partial charge in [-0.25, -0.2) is 9.97 Å². The number of benzene rings is 1. The molecule has 0 atom stereocenters. The fourth-order valence-corrected chi connectivity index (χ4v) is 4.00. The lowest BCUT2D eigenvalue weighted by Gasteiger charge is -2.31. The van der Waals surface area contributed by atoms with Gasteiger partial charge in [-0.2, -0.15) is 5.10 Å². The molecule has 1 fully saturated rings. The van der Waals surface area contributed by atoms with Gasteiger partial charge in [0, 0.05) is 10.0 Å². The van der Waals surface area contributed by atoms with Crippen LogP contribution in [0.2, 0.25) is 0 Å². The number of nitrogens with zero attached hydrogens (tertiary/aromatic N) is 3. The molecule has 118 valence electrons. The summed E-state index contributed by atoms with van der Waals surface area (Å²) in [6, 6.07) is 8.56. The maximum atomic E-state index is 4.46. The molecular formula is C17H18BrN5. The third kappa shape index (κ3) is 2.95. The van der Waals surface area contributed by atoms with Crippen molar-refractivity contribution < 1.29 is 0 Å². The highest BCUT2D eigenvalue weighted by molar-refractivity contribution is 9.10. The first-order valence-electron chi connectivity index (χ1n) is 7.91. The van der Waals surface area contributed by atoms with Gasteiger partial charge < -0.3 is 5.32 Å². The summed E-state index contributed by atoms with van der Waals surface area (Å²) < 4.78 is 1.13. The van der Waals surface area contributed by atoms with Gasteiger partial charge in [0.15, 0.2) is 5.65 Å². The molecule has 0 amide bonds. The molecule has 1 saturated carbocycles. The van der Waals surface area contributed by atoms with Crippen LogP contribution in [0.5, 0.6) is 0 Å². The van der Waals surface area contributed by atoms with Gasteiger partial charge in [0.25, 0.3) is 0 Å². The van der Waals surface area contributed by atoms with E-state index in [1.165, 1.54) is 18.4 Å². The second-order valence-corrected chi connectivity index (χ2v) is 7.19. The molecule has 2 aromatic heterocycles. The number of aromatic nitrogens is 4. The lowest BCUT2D eigenvalue weighted by atomic mass is 9.89. The van der Waals surface area contributed by atoms with E-state index in [0.29, 0.717) is 0 Å². The van der Waals surface area contributed by atoms with Crippen LogP contribution in [0.15, 0.2) is 41.3 Å². The van der Waals surface area contributed by atoms with Crippen LogP contribution in [-0.4, -0.2) is 25.7 Å². The highest BCUT2D eigenvalue weighted by Gasteiger charge is 2.34. The third-order valence-electron chi connectivity index (χ3n) is 4.62. The van der Waals surface area contributed by atoms with E-state index < -0.39 is 0 Å². The van der Waals surface area contributed by atoms with Crippen molar-refractivity contribution in [1.29, 1.82) is 0 Å². The monoisotopic (exact) mass is 371 g/mol. The molecule has 1 aliphatic carbocycles. The topological polar surface area (TPSA) is 66.5 Å². The smallest absolute Gasteiger partial charge is 0.160 e. The maximum absolute atomic E-state index is 4.46. The number of H-pyrrole nitrogens is 1. The first-order chi connectivity index (χ1) is 11.2. The average molecular weight is 372 g/mol. The summed E-state index contributed by atoms with van der Waals surface area (Å²) >= 11 is 3.57. The van der Waals surface area contributed by atoms with E-state index in [9.17, 15) is 0 Å². The summed E-state index contributed by atoms with van der Waals surface area (Å²) in [6.45, 7) is 0. The third-order valence-corrected chi connectivity index (χ3v) is 5.12. The van der Waals surface area contributed by atoms with E-state index in [0.717, 1.165) is 40.6 Å². The van der Waals surface area contributed by atoms with Crippen molar-refractivity contribution >= 4 is 32.8 Å². The second kappa shape index (κ2) is 5.92. The molecule has 0 radical (unpaired) electrons. The fourth-order valence-electron chi connectivity index (χ4n) is 3.55. The summed E-state index contributed by atoms with van der Waals surface area (Å²) in [5, 5.41) is 11.7. The second-order valence-electron chi connectivity index (χ2n) is 6.27. The molecule has 4 rings (SSSR count). The van der Waals surface area contributed by atoms with E-state index in [2.05, 4.69) is 65.7 Å². The predicted molar refractivity (Wildman–Crippen MR) is 94.4 cm³/mol. The van der Waals surface area contributed by atoms with Crippen molar-refractivity contribution in [2.24, 2.45) is 0 Å². The van der Waals surface area contributed by atoms with E-state index in [1.54, 1.807) is 12.5 Å². The van der Waals surface area contributed by atoms with E-state index in [-0.39, 0.29) is 5.54 Å². The van der Waals surface area contributed by atoms with Gasteiger partial charge in [0.05, 0.1) is 11.6 Å². The first-order valence-corrected chi connectivity index (χ1v) is 8.70. The maximum Gasteiger partial charge on any atom is 0.160 e. The Morgan fingerprint density at radius 2 is 2.09 bits per heavy atom. The lowest BCUT2D eigenvalue weighted by Crippen LogP contribution is -2.38. The van der Waals surface area contributed by atoms with Gasteiger partial charge >= 0.3 is 0 Å². The van der Waals surface area contributed by atoms with Crippen LogP contribution >= 0.6 is 15.9 Å². The summed E-state index contributed by atoms with van der Waals surface area (Å²) in [4.78, 5) is 8.67. The number of halogens is 1. The van der Waals surface area contributed by atoms with Crippen molar-refractivity contribution in [3.63, 3.8) is 0 Å². The van der Waals surface area contributed by atoms with E-state index in [1.807, 2.05) is 0 Å². The average Bonchev–Trinajstić information content (AvgIpc) is 3.17. The fraction of sp³-hybridized carbons (Fsp3) is 0.353. The number of hydrogen-bond acceptors (Lipinski definition) is 4. The van der Waals surface area contributed by atoms with Gasteiger partial charge in [-0.15, -0.1) is 0 Å². The Hall–Kier alpha value is -1.95. The molecule has 6 heteroatoms. The Morgan fingerprint density at radius 1 is 1.22 bits per heavy atom. The molecule has 1 aliphatic rings. The van der Waals surface area contributed by atoms with Crippen LogP contribution in [0.25, 0.3) is 11.0 Å². The van der Waals surface area contributed by atoms with Gasteiger partial charge in [0.1, 0.15) is 12.1 Å². The van der Waals surface area contributed by atoms with Crippen LogP contribution < -0.4 is 5.32 Å². The summed E-state index contributed by atoms with van der Waals surface area (Å²) in [6.07, 6.45) is 9.19. The largest absolute Gasteiger partial charge is 0.364 e. The van der Waals surface area contributed by atoms with Crippen LogP contribution in [0, 0.1) is 0 Å². The van der Waals surface area contributed by atoms with Crippen LogP contribution in [-0.2, 0) is 6.42 Å². The van der Waals surface area contributed by atoms with Crippen molar-refractivity contribution in [2.45, 2.75) is 37.6 Å². The molecule has 0 spiro atoms. The molecule has 23 heavy (non-hydrogen) atoms. The zero-order valence-corrected chi connectivity index (χ0v) is 14.3. The lowest BCUT2D eigenvalue weighted by molar-refractivity contribution is 0.477. The number of fused-ring (bicyclic) bond motifs is 1. The van der Waals surface area contributed by atoms with Crippen molar-refractivity contribution in [2.75, 3.05) is 5.32 Å². The molecule has 3 aromatic rings. The number of anilines is 1. The summed E-state index contributed by atoms with van der Waals surface area (Å²) in [5.41, 5.74) is 2.17. The minimum atomic E-state index is 0.0549. The van der Waals surface area contributed by atoms with Gasteiger partial charge in [-0.05, 0) is 37.0 Å². The minimum absolute atomic E-state index is 0.0549. The van der Waals surface area contributed by atoms with Crippen molar-refractivity contribution in [3.8, 4) is 0 Å². The molecule has 5 nitrogen and oxygen atoms in total. The minimum Gasteiger partial charge on any atom is -0.364 e. The standard InChI is InChI=1S/C17H18BrN5/c18-13-5-3-4-12(8-13)9-17(6-1-2-7-17)22-15-14-10-21-23-16(14)20-11-19-15/h3-5,8,10-11H,1-2,6-7,9H2,(H2,19,20,21,22,23). The van der Waals surface area contributed by atoms with Crippen LogP contribution in [0.4, 0.5) is 5.82 Å². The quantitative estimate of drug-likeness (QED) is 0.724.